The Bertz CT molecular complexity index is 801. The van der Waals surface area contributed by atoms with Crippen LogP contribution in [0.2, 0.25) is 0 Å². The van der Waals surface area contributed by atoms with E-state index in [1.165, 1.54) is 7.11 Å². The lowest BCUT2D eigenvalue weighted by Gasteiger charge is -2.18. The highest BCUT2D eigenvalue weighted by molar-refractivity contribution is 6.03. The van der Waals surface area contributed by atoms with Gasteiger partial charge in [0, 0.05) is 30.8 Å². The molecule has 0 aliphatic carbocycles. The number of amides is 2. The highest BCUT2D eigenvalue weighted by Crippen LogP contribution is 2.34. The van der Waals surface area contributed by atoms with Crippen LogP contribution < -0.4 is 19.7 Å². The summed E-state index contributed by atoms with van der Waals surface area (Å²) in [6.45, 7) is 2.03. The summed E-state index contributed by atoms with van der Waals surface area (Å²) in [6, 6.07) is 6.84. The Balaban J connectivity index is 1.73. The van der Waals surface area contributed by atoms with Crippen molar-refractivity contribution in [1.29, 1.82) is 0 Å². The van der Waals surface area contributed by atoms with E-state index in [4.69, 9.17) is 14.0 Å². The van der Waals surface area contributed by atoms with Crippen molar-refractivity contribution in [2.24, 2.45) is 5.92 Å². The zero-order valence-electron chi connectivity index (χ0n) is 14.2. The van der Waals surface area contributed by atoms with Crippen LogP contribution in [0.1, 0.15) is 12.2 Å². The molecule has 8 heteroatoms. The number of ether oxygens (including phenoxy) is 2. The van der Waals surface area contributed by atoms with E-state index >= 15 is 0 Å². The summed E-state index contributed by atoms with van der Waals surface area (Å²) >= 11 is 0. The van der Waals surface area contributed by atoms with Gasteiger partial charge in [0.05, 0.1) is 20.1 Å². The molecule has 0 bridgehead atoms. The Morgan fingerprint density at radius 2 is 2.04 bits per heavy atom. The van der Waals surface area contributed by atoms with Gasteiger partial charge in [-0.05, 0) is 19.1 Å². The van der Waals surface area contributed by atoms with Gasteiger partial charge >= 0.3 is 0 Å². The van der Waals surface area contributed by atoms with E-state index in [0.29, 0.717) is 28.8 Å². The van der Waals surface area contributed by atoms with E-state index in [1.807, 2.05) is 0 Å². The molecule has 0 saturated carbocycles. The lowest BCUT2D eigenvalue weighted by atomic mass is 10.1. The number of hydrogen-bond acceptors (Lipinski definition) is 6. The van der Waals surface area contributed by atoms with Gasteiger partial charge in [-0.2, -0.15) is 0 Å². The Hall–Kier alpha value is -3.03. The molecule has 1 fully saturated rings. The molecule has 1 saturated heterocycles. The summed E-state index contributed by atoms with van der Waals surface area (Å²) in [5.74, 6) is 1.21. The first-order chi connectivity index (χ1) is 12.0. The number of nitrogens with one attached hydrogen (secondary N) is 1. The highest BCUT2D eigenvalue weighted by Gasteiger charge is 2.35. The minimum atomic E-state index is -0.461. The molecule has 0 spiro atoms. The first kappa shape index (κ1) is 16.8. The second kappa shape index (κ2) is 6.84. The molecule has 2 aromatic rings. The van der Waals surface area contributed by atoms with Crippen molar-refractivity contribution in [2.75, 3.05) is 31.0 Å². The first-order valence-electron chi connectivity index (χ1n) is 7.78. The average Bonchev–Trinajstić information content (AvgIpc) is 3.19. The number of anilines is 2. The third-order valence-electron chi connectivity index (χ3n) is 4.05. The standard InChI is InChI=1S/C17H19N3O5/c1-10-6-15(19-25-10)18-17(22)11-7-16(21)20(9-11)12-4-5-13(23-2)14(8-12)24-3/h4-6,8,11H,7,9H2,1-3H3,(H,18,19,22)/t11-/m0/s1. The van der Waals surface area contributed by atoms with E-state index in [-0.39, 0.29) is 24.8 Å². The van der Waals surface area contributed by atoms with Gasteiger partial charge in [-0.3, -0.25) is 9.59 Å². The van der Waals surface area contributed by atoms with Gasteiger partial charge in [0.15, 0.2) is 17.3 Å². The molecule has 132 valence electrons. The number of methoxy groups -OCH3 is 2. The van der Waals surface area contributed by atoms with Crippen LogP contribution in [0, 0.1) is 12.8 Å². The minimum Gasteiger partial charge on any atom is -0.493 e. The van der Waals surface area contributed by atoms with Gasteiger partial charge in [-0.1, -0.05) is 5.16 Å². The fourth-order valence-electron chi connectivity index (χ4n) is 2.78. The molecule has 25 heavy (non-hydrogen) atoms. The van der Waals surface area contributed by atoms with Gasteiger partial charge in [-0.15, -0.1) is 0 Å². The smallest absolute Gasteiger partial charge is 0.231 e. The van der Waals surface area contributed by atoms with Crippen LogP contribution in [0.5, 0.6) is 11.5 Å². The Kier molecular flexibility index (Phi) is 4.60. The number of rotatable bonds is 5. The third kappa shape index (κ3) is 3.42. The molecule has 1 N–H and O–H groups in total. The van der Waals surface area contributed by atoms with Crippen molar-refractivity contribution < 1.29 is 23.6 Å². The topological polar surface area (TPSA) is 93.9 Å². The molecule has 1 aromatic carbocycles. The first-order valence-corrected chi connectivity index (χ1v) is 7.78. The Morgan fingerprint density at radius 1 is 1.28 bits per heavy atom. The highest BCUT2D eigenvalue weighted by atomic mass is 16.5. The summed E-state index contributed by atoms with van der Waals surface area (Å²) in [7, 11) is 3.08. The number of aryl methyl sites for hydroxylation is 1. The molecule has 1 aliphatic rings. The van der Waals surface area contributed by atoms with Crippen LogP contribution in [-0.2, 0) is 9.59 Å². The molecule has 8 nitrogen and oxygen atoms in total. The molecule has 1 atom stereocenters. The van der Waals surface area contributed by atoms with Crippen LogP contribution in [0.15, 0.2) is 28.8 Å². The normalized spacial score (nSPS) is 16.8. The number of carbonyl (C=O) groups is 2. The maximum Gasteiger partial charge on any atom is 0.231 e. The summed E-state index contributed by atoms with van der Waals surface area (Å²) < 4.78 is 15.4. The van der Waals surface area contributed by atoms with Crippen molar-refractivity contribution in [1.82, 2.24) is 5.16 Å². The Morgan fingerprint density at radius 3 is 2.68 bits per heavy atom. The number of nitrogens with zero attached hydrogens (tertiary/aromatic N) is 2. The lowest BCUT2D eigenvalue weighted by Crippen LogP contribution is -2.28. The minimum absolute atomic E-state index is 0.122. The molecule has 1 aliphatic heterocycles. The predicted octanol–water partition coefficient (Wildman–Crippen LogP) is 1.99. The molecule has 1 aromatic heterocycles. The molecule has 2 amide bonds. The summed E-state index contributed by atoms with van der Waals surface area (Å²) in [5.41, 5.74) is 0.662. The zero-order valence-corrected chi connectivity index (χ0v) is 14.2. The molecule has 3 rings (SSSR count). The van der Waals surface area contributed by atoms with Gasteiger partial charge in [0.1, 0.15) is 5.76 Å². The fourth-order valence-corrected chi connectivity index (χ4v) is 2.78. The summed E-state index contributed by atoms with van der Waals surface area (Å²) in [4.78, 5) is 26.3. The van der Waals surface area contributed by atoms with Crippen LogP contribution in [-0.4, -0.2) is 37.7 Å². The molecular formula is C17H19N3O5. The maximum absolute atomic E-state index is 12.4. The lowest BCUT2D eigenvalue weighted by molar-refractivity contribution is -0.122. The van der Waals surface area contributed by atoms with E-state index < -0.39 is 5.92 Å². The number of carbonyl (C=O) groups excluding carboxylic acids is 2. The summed E-state index contributed by atoms with van der Waals surface area (Å²) in [5, 5.41) is 6.40. The van der Waals surface area contributed by atoms with Crippen LogP contribution in [0.3, 0.4) is 0 Å². The van der Waals surface area contributed by atoms with Crippen molar-refractivity contribution in [3.05, 3.63) is 30.0 Å². The molecule has 0 radical (unpaired) electrons. The summed E-state index contributed by atoms with van der Waals surface area (Å²) in [6.07, 6.45) is 0.136. The van der Waals surface area contributed by atoms with Crippen LogP contribution in [0.25, 0.3) is 0 Å². The quantitative estimate of drug-likeness (QED) is 0.891. The van der Waals surface area contributed by atoms with Crippen molar-refractivity contribution in [3.8, 4) is 11.5 Å². The van der Waals surface area contributed by atoms with Gasteiger partial charge in [0.25, 0.3) is 0 Å². The van der Waals surface area contributed by atoms with E-state index in [0.717, 1.165) is 0 Å². The number of hydrogen-bond donors (Lipinski definition) is 1. The molecule has 0 unspecified atom stereocenters. The maximum atomic E-state index is 12.4. The number of aromatic nitrogens is 1. The molecule has 2 heterocycles. The van der Waals surface area contributed by atoms with E-state index in [9.17, 15) is 9.59 Å². The number of benzene rings is 1. The van der Waals surface area contributed by atoms with Crippen LogP contribution in [0.4, 0.5) is 11.5 Å². The van der Waals surface area contributed by atoms with Crippen molar-refractivity contribution in [2.45, 2.75) is 13.3 Å². The van der Waals surface area contributed by atoms with Gasteiger partial charge in [0.2, 0.25) is 11.8 Å². The van der Waals surface area contributed by atoms with Gasteiger partial charge in [-0.25, -0.2) is 0 Å². The van der Waals surface area contributed by atoms with Crippen molar-refractivity contribution >= 4 is 23.3 Å². The average molecular weight is 345 g/mol. The second-order valence-electron chi connectivity index (χ2n) is 5.76. The van der Waals surface area contributed by atoms with Crippen molar-refractivity contribution in [3.63, 3.8) is 0 Å². The monoisotopic (exact) mass is 345 g/mol. The zero-order chi connectivity index (χ0) is 18.0. The second-order valence-corrected chi connectivity index (χ2v) is 5.76. The van der Waals surface area contributed by atoms with E-state index in [2.05, 4.69) is 10.5 Å². The SMILES string of the molecule is COc1ccc(N2C[C@@H](C(=O)Nc3cc(C)on3)CC2=O)cc1OC. The third-order valence-corrected chi connectivity index (χ3v) is 4.05. The predicted molar refractivity (Wildman–Crippen MR) is 89.9 cm³/mol. The van der Waals surface area contributed by atoms with Crippen LogP contribution >= 0.6 is 0 Å². The fraction of sp³-hybridized carbons (Fsp3) is 0.353. The largest absolute Gasteiger partial charge is 0.493 e. The Labute approximate surface area is 144 Å². The van der Waals surface area contributed by atoms with E-state index in [1.54, 1.807) is 43.2 Å². The van der Waals surface area contributed by atoms with Gasteiger partial charge < -0.3 is 24.2 Å². The molecular weight excluding hydrogens is 326 g/mol.